The zero-order valence-electron chi connectivity index (χ0n) is 14.5. The van der Waals surface area contributed by atoms with Crippen molar-refractivity contribution in [2.24, 2.45) is 11.8 Å². The molecule has 1 rings (SSSR count). The van der Waals surface area contributed by atoms with Gasteiger partial charge in [0.25, 0.3) is 0 Å². The van der Waals surface area contributed by atoms with E-state index in [-0.39, 0.29) is 24.0 Å². The molecule has 1 aliphatic rings. The van der Waals surface area contributed by atoms with E-state index in [2.05, 4.69) is 39.8 Å². The number of rotatable bonds is 9. The van der Waals surface area contributed by atoms with Gasteiger partial charge in [-0.15, -0.1) is 0 Å². The van der Waals surface area contributed by atoms with Gasteiger partial charge in [0.2, 0.25) is 0 Å². The molecule has 128 valence electrons. The molecule has 0 bridgehead atoms. The minimum absolute atomic E-state index is 0.0191. The van der Waals surface area contributed by atoms with E-state index in [1.807, 2.05) is 0 Å². The topological polar surface area (TPSA) is 55.8 Å². The van der Waals surface area contributed by atoms with Gasteiger partial charge in [-0.25, -0.2) is 9.78 Å². The number of aliphatic carboxylic acids is 1. The number of allylic oxidation sites excluding steroid dienone is 2. The van der Waals surface area contributed by atoms with Gasteiger partial charge in [0.15, 0.2) is 0 Å². The number of carboxylic acid groups (broad SMARTS) is 1. The maximum Gasteiger partial charge on any atom is 0.306 e. The molecule has 4 atom stereocenters. The minimum Gasteiger partial charge on any atom is -0.481 e. The zero-order valence-corrected chi connectivity index (χ0v) is 14.5. The first-order valence-electron chi connectivity index (χ1n) is 8.73. The maximum absolute atomic E-state index is 11.0. The highest BCUT2D eigenvalue weighted by Gasteiger charge is 2.43. The summed E-state index contributed by atoms with van der Waals surface area (Å²) in [6, 6.07) is 0. The lowest BCUT2D eigenvalue weighted by Gasteiger charge is -2.43. The molecule has 4 nitrogen and oxygen atoms in total. The van der Waals surface area contributed by atoms with Crippen LogP contribution in [0.1, 0.15) is 72.6 Å². The van der Waals surface area contributed by atoms with Crippen molar-refractivity contribution in [1.82, 2.24) is 0 Å². The van der Waals surface area contributed by atoms with Crippen LogP contribution in [0.3, 0.4) is 0 Å². The molecular formula is C18H32O4. The van der Waals surface area contributed by atoms with Gasteiger partial charge in [-0.3, -0.25) is 4.79 Å². The first-order valence-corrected chi connectivity index (χ1v) is 8.73. The fraction of sp³-hybridized carbons (Fsp3) is 0.833. The summed E-state index contributed by atoms with van der Waals surface area (Å²) in [5.74, 6) is -0.0946. The molecule has 4 heteroatoms. The number of hydrogen-bond donors (Lipinski definition) is 1. The first-order chi connectivity index (χ1) is 10.5. The van der Waals surface area contributed by atoms with Gasteiger partial charge in [-0.05, 0) is 43.9 Å². The lowest BCUT2D eigenvalue weighted by atomic mass is 9.77. The second kappa shape index (κ2) is 9.31. The molecule has 1 N–H and O–H groups in total. The third kappa shape index (κ3) is 5.40. The predicted octanol–water partition coefficient (Wildman–Crippen LogP) is 4.74. The van der Waals surface area contributed by atoms with E-state index in [4.69, 9.17) is 14.9 Å². The molecule has 0 radical (unpaired) electrons. The minimum atomic E-state index is -0.826. The summed E-state index contributed by atoms with van der Waals surface area (Å²) in [6.45, 7) is 8.57. The van der Waals surface area contributed by atoms with Crippen molar-refractivity contribution in [3.05, 3.63) is 12.2 Å². The van der Waals surface area contributed by atoms with Crippen LogP contribution >= 0.6 is 0 Å². The molecule has 0 saturated carbocycles. The Labute approximate surface area is 134 Å². The molecule has 1 heterocycles. The van der Waals surface area contributed by atoms with Gasteiger partial charge in [0, 0.05) is 0 Å². The van der Waals surface area contributed by atoms with E-state index in [0.717, 1.165) is 38.5 Å². The van der Waals surface area contributed by atoms with Gasteiger partial charge < -0.3 is 5.11 Å². The Bertz CT molecular complexity index is 366. The van der Waals surface area contributed by atoms with E-state index in [9.17, 15) is 4.79 Å². The van der Waals surface area contributed by atoms with Crippen LogP contribution in [0.5, 0.6) is 0 Å². The second-order valence-corrected chi connectivity index (χ2v) is 6.43. The molecule has 1 fully saturated rings. The molecule has 22 heavy (non-hydrogen) atoms. The smallest absolute Gasteiger partial charge is 0.306 e. The standard InChI is InChI=1S/C18H32O4/c1-5-9-10-14(6-2)12-18(8-4)13-15(7-3)16(21-22-18)11-17(19)20/h9-10,14-16H,5-8,11-13H2,1-4H3,(H,19,20)/b10-9+/t14-,15+,16+,18-/m0/s1. The summed E-state index contributed by atoms with van der Waals surface area (Å²) in [4.78, 5) is 22.3. The molecule has 0 spiro atoms. The Morgan fingerprint density at radius 3 is 2.59 bits per heavy atom. The predicted molar refractivity (Wildman–Crippen MR) is 87.5 cm³/mol. The van der Waals surface area contributed by atoms with Crippen molar-refractivity contribution >= 4 is 5.97 Å². The fourth-order valence-electron chi connectivity index (χ4n) is 3.29. The van der Waals surface area contributed by atoms with Crippen LogP contribution in [0.4, 0.5) is 0 Å². The third-order valence-electron chi connectivity index (χ3n) is 4.86. The summed E-state index contributed by atoms with van der Waals surface area (Å²) in [5.41, 5.74) is -0.283. The molecule has 0 aromatic carbocycles. The SMILES string of the molecule is CC/C=C/[C@H](CC)C[C@@]1(CC)C[C@@H](CC)[C@@H](CC(=O)O)OO1. The average molecular weight is 312 g/mol. The van der Waals surface area contributed by atoms with Gasteiger partial charge in [-0.2, -0.15) is 0 Å². The molecule has 0 amide bonds. The lowest BCUT2D eigenvalue weighted by Crippen LogP contribution is -2.46. The first kappa shape index (κ1) is 19.2. The molecule has 0 aromatic rings. The zero-order chi connectivity index (χ0) is 16.6. The Balaban J connectivity index is 2.77. The Kier molecular flexibility index (Phi) is 8.12. The van der Waals surface area contributed by atoms with E-state index < -0.39 is 5.97 Å². The highest BCUT2D eigenvalue weighted by molar-refractivity contribution is 5.67. The number of carbonyl (C=O) groups is 1. The molecule has 0 aliphatic carbocycles. The average Bonchev–Trinajstić information content (AvgIpc) is 2.52. The van der Waals surface area contributed by atoms with Crippen molar-refractivity contribution < 1.29 is 19.7 Å². The Morgan fingerprint density at radius 2 is 2.09 bits per heavy atom. The number of carboxylic acids is 1. The van der Waals surface area contributed by atoms with Gasteiger partial charge in [-0.1, -0.05) is 46.3 Å². The van der Waals surface area contributed by atoms with Gasteiger partial charge >= 0.3 is 5.97 Å². The van der Waals surface area contributed by atoms with Crippen molar-refractivity contribution in [2.75, 3.05) is 0 Å². The van der Waals surface area contributed by atoms with Crippen LogP contribution in [0.15, 0.2) is 12.2 Å². The Morgan fingerprint density at radius 1 is 1.36 bits per heavy atom. The Hall–Kier alpha value is -0.870. The summed E-state index contributed by atoms with van der Waals surface area (Å²) in [6.07, 6.45) is 9.95. The third-order valence-corrected chi connectivity index (χ3v) is 4.86. The highest BCUT2D eigenvalue weighted by atomic mass is 17.2. The van der Waals surface area contributed by atoms with E-state index in [1.54, 1.807) is 0 Å². The summed E-state index contributed by atoms with van der Waals surface area (Å²) in [7, 11) is 0. The highest BCUT2D eigenvalue weighted by Crippen LogP contribution is 2.41. The normalized spacial score (nSPS) is 30.5. The molecule has 0 unspecified atom stereocenters. The summed E-state index contributed by atoms with van der Waals surface area (Å²) in [5, 5.41) is 9.00. The molecule has 1 aliphatic heterocycles. The van der Waals surface area contributed by atoms with Gasteiger partial charge in [0.1, 0.15) is 11.7 Å². The van der Waals surface area contributed by atoms with Crippen molar-refractivity contribution in [2.45, 2.75) is 84.3 Å². The molecular weight excluding hydrogens is 280 g/mol. The summed E-state index contributed by atoms with van der Waals surface area (Å²) >= 11 is 0. The largest absolute Gasteiger partial charge is 0.481 e. The van der Waals surface area contributed by atoms with Crippen molar-refractivity contribution in [3.8, 4) is 0 Å². The summed E-state index contributed by atoms with van der Waals surface area (Å²) < 4.78 is 0. The fourth-order valence-corrected chi connectivity index (χ4v) is 3.29. The van der Waals surface area contributed by atoms with E-state index in [1.165, 1.54) is 0 Å². The maximum atomic E-state index is 11.0. The van der Waals surface area contributed by atoms with Crippen LogP contribution < -0.4 is 0 Å². The van der Waals surface area contributed by atoms with E-state index in [0.29, 0.717) is 5.92 Å². The van der Waals surface area contributed by atoms with Crippen molar-refractivity contribution in [3.63, 3.8) is 0 Å². The number of hydrogen-bond acceptors (Lipinski definition) is 3. The lowest BCUT2D eigenvalue weighted by molar-refractivity contribution is -0.424. The monoisotopic (exact) mass is 312 g/mol. The van der Waals surface area contributed by atoms with Crippen LogP contribution in [0.25, 0.3) is 0 Å². The quantitative estimate of drug-likeness (QED) is 0.493. The molecule has 1 saturated heterocycles. The van der Waals surface area contributed by atoms with Crippen LogP contribution in [0.2, 0.25) is 0 Å². The van der Waals surface area contributed by atoms with Gasteiger partial charge in [0.05, 0.1) is 6.42 Å². The molecule has 0 aromatic heterocycles. The van der Waals surface area contributed by atoms with Crippen LogP contribution in [0, 0.1) is 11.8 Å². The van der Waals surface area contributed by atoms with Crippen LogP contribution in [-0.2, 0) is 14.6 Å². The van der Waals surface area contributed by atoms with Crippen molar-refractivity contribution in [1.29, 1.82) is 0 Å². The van der Waals surface area contributed by atoms with E-state index >= 15 is 0 Å². The second-order valence-electron chi connectivity index (χ2n) is 6.43. The van der Waals surface area contributed by atoms with Crippen LogP contribution in [-0.4, -0.2) is 22.8 Å².